The van der Waals surface area contributed by atoms with Gasteiger partial charge in [0, 0.05) is 23.4 Å². The number of aliphatic hydroxyl groups is 1. The summed E-state index contributed by atoms with van der Waals surface area (Å²) in [6, 6.07) is 3.82. The van der Waals surface area contributed by atoms with E-state index < -0.39 is 6.10 Å². The van der Waals surface area contributed by atoms with E-state index in [1.807, 2.05) is 26.0 Å². The van der Waals surface area contributed by atoms with Gasteiger partial charge >= 0.3 is 0 Å². The van der Waals surface area contributed by atoms with Gasteiger partial charge in [-0.2, -0.15) is 0 Å². The predicted molar refractivity (Wildman–Crippen MR) is 56.7 cm³/mol. The Labute approximate surface area is 85.0 Å². The fourth-order valence-electron chi connectivity index (χ4n) is 1.36. The van der Waals surface area contributed by atoms with E-state index in [2.05, 4.69) is 16.8 Å². The molecular formula is C12H15NO. The molecule has 2 heteroatoms. The van der Waals surface area contributed by atoms with Crippen LogP contribution >= 0.6 is 0 Å². The number of hydrogen-bond donors (Lipinski definition) is 1. The lowest BCUT2D eigenvalue weighted by atomic mass is 10.1. The molecule has 0 radical (unpaired) electrons. The Kier molecular flexibility index (Phi) is 3.67. The van der Waals surface area contributed by atoms with Gasteiger partial charge in [-0.25, -0.2) is 0 Å². The molecule has 0 aromatic carbocycles. The van der Waals surface area contributed by atoms with Crippen molar-refractivity contribution in [1.29, 1.82) is 0 Å². The topological polar surface area (TPSA) is 33.1 Å². The van der Waals surface area contributed by atoms with E-state index in [0.717, 1.165) is 17.0 Å². The van der Waals surface area contributed by atoms with Crippen LogP contribution in [0.5, 0.6) is 0 Å². The number of aryl methyl sites for hydroxylation is 2. The van der Waals surface area contributed by atoms with E-state index >= 15 is 0 Å². The highest BCUT2D eigenvalue weighted by Gasteiger charge is 2.09. The van der Waals surface area contributed by atoms with E-state index in [9.17, 15) is 5.11 Å². The Morgan fingerprint density at radius 3 is 2.71 bits per heavy atom. The minimum absolute atomic E-state index is 0.474. The molecule has 14 heavy (non-hydrogen) atoms. The van der Waals surface area contributed by atoms with Gasteiger partial charge in [0.05, 0.1) is 6.10 Å². The molecule has 0 aliphatic carbocycles. The Morgan fingerprint density at radius 1 is 1.43 bits per heavy atom. The summed E-state index contributed by atoms with van der Waals surface area (Å²) in [4.78, 5) is 4.29. The monoisotopic (exact) mass is 189 g/mol. The van der Waals surface area contributed by atoms with Crippen LogP contribution in [0.3, 0.4) is 0 Å². The lowest BCUT2D eigenvalue weighted by Crippen LogP contribution is -2.01. The summed E-state index contributed by atoms with van der Waals surface area (Å²) >= 11 is 0. The third kappa shape index (κ3) is 2.58. The molecule has 0 spiro atoms. The molecule has 0 aliphatic rings. The van der Waals surface area contributed by atoms with Crippen molar-refractivity contribution in [2.24, 2.45) is 0 Å². The third-order valence-electron chi connectivity index (χ3n) is 2.10. The zero-order valence-electron chi connectivity index (χ0n) is 8.83. The molecule has 1 heterocycles. The van der Waals surface area contributed by atoms with Crippen molar-refractivity contribution in [1.82, 2.24) is 4.98 Å². The normalized spacial score (nSPS) is 11.7. The van der Waals surface area contributed by atoms with Crippen LogP contribution in [-0.4, -0.2) is 10.1 Å². The lowest BCUT2D eigenvalue weighted by Gasteiger charge is -2.10. The number of rotatable bonds is 2. The molecule has 74 valence electrons. The Hall–Kier alpha value is -1.33. The van der Waals surface area contributed by atoms with Crippen LogP contribution in [0.4, 0.5) is 0 Å². The van der Waals surface area contributed by atoms with Gasteiger partial charge in [-0.1, -0.05) is 6.07 Å². The summed E-state index contributed by atoms with van der Waals surface area (Å²) in [5.41, 5.74) is 2.73. The zero-order chi connectivity index (χ0) is 10.6. The standard InChI is InChI=1S/C12H15NO/c1-4-5-6-12(14)11-8-7-9(2)13-10(11)3/h7-8,12,14H,6H2,1-3H3. The van der Waals surface area contributed by atoms with Gasteiger partial charge in [-0.05, 0) is 26.8 Å². The van der Waals surface area contributed by atoms with Crippen LogP contribution in [0.15, 0.2) is 12.1 Å². The maximum Gasteiger partial charge on any atom is 0.0916 e. The zero-order valence-corrected chi connectivity index (χ0v) is 8.83. The highest BCUT2D eigenvalue weighted by molar-refractivity contribution is 5.24. The molecular weight excluding hydrogens is 174 g/mol. The molecule has 0 bridgehead atoms. The molecule has 0 amide bonds. The first-order chi connectivity index (χ1) is 6.65. The van der Waals surface area contributed by atoms with Crippen LogP contribution in [-0.2, 0) is 0 Å². The highest BCUT2D eigenvalue weighted by atomic mass is 16.3. The molecule has 1 aromatic rings. The largest absolute Gasteiger partial charge is 0.387 e. The molecule has 1 rings (SSSR count). The van der Waals surface area contributed by atoms with Crippen LogP contribution in [0, 0.1) is 25.7 Å². The van der Waals surface area contributed by atoms with Crippen molar-refractivity contribution < 1.29 is 5.11 Å². The molecule has 0 saturated carbocycles. The second-order valence-electron chi connectivity index (χ2n) is 3.27. The van der Waals surface area contributed by atoms with Crippen LogP contribution < -0.4 is 0 Å². The number of aliphatic hydroxyl groups excluding tert-OH is 1. The Morgan fingerprint density at radius 2 is 2.14 bits per heavy atom. The maximum absolute atomic E-state index is 9.78. The predicted octanol–water partition coefficient (Wildman–Crippen LogP) is 2.15. The van der Waals surface area contributed by atoms with Crippen LogP contribution in [0.1, 0.15) is 36.4 Å². The lowest BCUT2D eigenvalue weighted by molar-refractivity contribution is 0.182. The van der Waals surface area contributed by atoms with Crippen molar-refractivity contribution in [3.8, 4) is 11.8 Å². The second-order valence-corrected chi connectivity index (χ2v) is 3.27. The second kappa shape index (κ2) is 4.78. The molecule has 1 unspecified atom stereocenters. The highest BCUT2D eigenvalue weighted by Crippen LogP contribution is 2.18. The summed E-state index contributed by atoms with van der Waals surface area (Å²) in [5, 5.41) is 9.78. The molecule has 1 aromatic heterocycles. The first-order valence-electron chi connectivity index (χ1n) is 4.67. The van der Waals surface area contributed by atoms with Gasteiger partial charge in [0.2, 0.25) is 0 Å². The van der Waals surface area contributed by atoms with E-state index in [4.69, 9.17) is 0 Å². The van der Waals surface area contributed by atoms with E-state index in [1.54, 1.807) is 6.92 Å². The maximum atomic E-state index is 9.78. The fourth-order valence-corrected chi connectivity index (χ4v) is 1.36. The molecule has 0 saturated heterocycles. The summed E-state index contributed by atoms with van der Waals surface area (Å²) in [7, 11) is 0. The number of nitrogens with zero attached hydrogens (tertiary/aromatic N) is 1. The first kappa shape index (κ1) is 10.7. The third-order valence-corrected chi connectivity index (χ3v) is 2.10. The van der Waals surface area contributed by atoms with Crippen molar-refractivity contribution in [2.75, 3.05) is 0 Å². The van der Waals surface area contributed by atoms with Crippen molar-refractivity contribution in [2.45, 2.75) is 33.3 Å². The molecule has 0 aliphatic heterocycles. The van der Waals surface area contributed by atoms with Crippen molar-refractivity contribution in [3.05, 3.63) is 29.1 Å². The van der Waals surface area contributed by atoms with Gasteiger partial charge in [-0.15, -0.1) is 11.8 Å². The van der Waals surface area contributed by atoms with E-state index in [0.29, 0.717) is 6.42 Å². The van der Waals surface area contributed by atoms with E-state index in [1.165, 1.54) is 0 Å². The average Bonchev–Trinajstić information content (AvgIpc) is 2.14. The van der Waals surface area contributed by atoms with Gasteiger partial charge in [-0.3, -0.25) is 4.98 Å². The molecule has 0 fully saturated rings. The summed E-state index contributed by atoms with van der Waals surface area (Å²) in [5.74, 6) is 5.63. The average molecular weight is 189 g/mol. The molecule has 1 atom stereocenters. The molecule has 1 N–H and O–H groups in total. The molecule has 2 nitrogen and oxygen atoms in total. The quantitative estimate of drug-likeness (QED) is 0.723. The summed E-state index contributed by atoms with van der Waals surface area (Å²) in [6.45, 7) is 5.62. The number of pyridine rings is 1. The van der Waals surface area contributed by atoms with Gasteiger partial charge in [0.1, 0.15) is 0 Å². The van der Waals surface area contributed by atoms with Gasteiger partial charge in [0.25, 0.3) is 0 Å². The van der Waals surface area contributed by atoms with E-state index in [-0.39, 0.29) is 0 Å². The minimum atomic E-state index is -0.518. The Bertz CT molecular complexity index is 374. The fraction of sp³-hybridized carbons (Fsp3) is 0.417. The van der Waals surface area contributed by atoms with Crippen LogP contribution in [0.2, 0.25) is 0 Å². The summed E-state index contributed by atoms with van der Waals surface area (Å²) < 4.78 is 0. The van der Waals surface area contributed by atoms with Crippen LogP contribution in [0.25, 0.3) is 0 Å². The van der Waals surface area contributed by atoms with Gasteiger partial charge in [0.15, 0.2) is 0 Å². The number of aromatic nitrogens is 1. The first-order valence-corrected chi connectivity index (χ1v) is 4.67. The number of hydrogen-bond acceptors (Lipinski definition) is 2. The minimum Gasteiger partial charge on any atom is -0.387 e. The summed E-state index contributed by atoms with van der Waals surface area (Å²) in [6.07, 6.45) is -0.0437. The van der Waals surface area contributed by atoms with Crippen molar-refractivity contribution >= 4 is 0 Å². The van der Waals surface area contributed by atoms with Crippen molar-refractivity contribution in [3.63, 3.8) is 0 Å². The smallest absolute Gasteiger partial charge is 0.0916 e. The Balaban J connectivity index is 2.88. The van der Waals surface area contributed by atoms with Gasteiger partial charge < -0.3 is 5.11 Å². The SMILES string of the molecule is CC#CCC(O)c1ccc(C)nc1C.